The molecule has 1 aliphatic rings. The lowest BCUT2D eigenvalue weighted by atomic mass is 10.1. The first-order valence-corrected chi connectivity index (χ1v) is 9.91. The molecule has 0 aliphatic carbocycles. The van der Waals surface area contributed by atoms with Crippen LogP contribution in [0.4, 0.5) is 0 Å². The largest absolute Gasteiger partial charge is 0.452 e. The molecular formula is C23H14BrClO4. The first-order chi connectivity index (χ1) is 13.9. The molecule has 1 aliphatic heterocycles. The van der Waals surface area contributed by atoms with Crippen molar-refractivity contribution < 1.29 is 19.1 Å². The van der Waals surface area contributed by atoms with Gasteiger partial charge in [0.15, 0.2) is 5.76 Å². The summed E-state index contributed by atoms with van der Waals surface area (Å²) in [7, 11) is 0. The highest BCUT2D eigenvalue weighted by molar-refractivity contribution is 9.10. The minimum atomic E-state index is -0.500. The molecule has 0 unspecified atom stereocenters. The predicted molar refractivity (Wildman–Crippen MR) is 115 cm³/mol. The van der Waals surface area contributed by atoms with Crippen LogP contribution >= 0.6 is 27.5 Å². The number of carbonyl (C=O) groups is 2. The highest BCUT2D eigenvalue weighted by atomic mass is 79.9. The Balaban J connectivity index is 1.63. The van der Waals surface area contributed by atoms with Crippen molar-refractivity contribution in [3.8, 4) is 11.5 Å². The van der Waals surface area contributed by atoms with E-state index >= 15 is 0 Å². The van der Waals surface area contributed by atoms with E-state index in [1.54, 1.807) is 61.5 Å². The summed E-state index contributed by atoms with van der Waals surface area (Å²) in [6.07, 6.45) is 1.64. The highest BCUT2D eigenvalue weighted by Crippen LogP contribution is 2.39. The normalized spacial score (nSPS) is 13.9. The average molecular weight is 470 g/mol. The Hall–Kier alpha value is -2.89. The van der Waals surface area contributed by atoms with Crippen LogP contribution in [0.3, 0.4) is 0 Å². The molecule has 0 bridgehead atoms. The van der Waals surface area contributed by atoms with Gasteiger partial charge in [0.05, 0.1) is 11.1 Å². The number of ketones is 1. The average Bonchev–Trinajstić information content (AvgIpc) is 3.01. The third-order valence-corrected chi connectivity index (χ3v) is 5.41. The minimum absolute atomic E-state index is 0.194. The zero-order chi connectivity index (χ0) is 20.5. The molecule has 0 amide bonds. The van der Waals surface area contributed by atoms with Crippen molar-refractivity contribution >= 4 is 45.4 Å². The molecule has 0 fully saturated rings. The second kappa shape index (κ2) is 7.85. The van der Waals surface area contributed by atoms with E-state index < -0.39 is 5.97 Å². The molecule has 0 radical (unpaired) electrons. The molecule has 1 heterocycles. The summed E-state index contributed by atoms with van der Waals surface area (Å²) in [6, 6.07) is 17.3. The summed E-state index contributed by atoms with van der Waals surface area (Å²) < 4.78 is 12.0. The van der Waals surface area contributed by atoms with Gasteiger partial charge in [-0.2, -0.15) is 0 Å². The van der Waals surface area contributed by atoms with Gasteiger partial charge in [0.1, 0.15) is 11.5 Å². The van der Waals surface area contributed by atoms with Crippen molar-refractivity contribution in [2.75, 3.05) is 0 Å². The first-order valence-electron chi connectivity index (χ1n) is 8.74. The quantitative estimate of drug-likeness (QED) is 0.259. The van der Waals surface area contributed by atoms with Gasteiger partial charge in [-0.3, -0.25) is 4.79 Å². The number of hydrogen-bond donors (Lipinski definition) is 0. The van der Waals surface area contributed by atoms with Crippen LogP contribution in [0.1, 0.15) is 31.8 Å². The van der Waals surface area contributed by atoms with Crippen LogP contribution in [0.15, 0.2) is 70.9 Å². The number of rotatable bonds is 3. The molecule has 4 nitrogen and oxygen atoms in total. The molecule has 3 aromatic carbocycles. The second-order valence-electron chi connectivity index (χ2n) is 6.43. The second-order valence-corrected chi connectivity index (χ2v) is 7.72. The minimum Gasteiger partial charge on any atom is -0.452 e. The third-order valence-electron chi connectivity index (χ3n) is 4.48. The number of benzene rings is 3. The number of hydrogen-bond acceptors (Lipinski definition) is 4. The van der Waals surface area contributed by atoms with Crippen molar-refractivity contribution in [3.63, 3.8) is 0 Å². The van der Waals surface area contributed by atoms with Crippen molar-refractivity contribution in [2.24, 2.45) is 0 Å². The van der Waals surface area contributed by atoms with Gasteiger partial charge >= 0.3 is 5.97 Å². The summed E-state index contributed by atoms with van der Waals surface area (Å²) in [6.45, 7) is 1.75. The number of esters is 1. The van der Waals surface area contributed by atoms with Crippen LogP contribution in [-0.4, -0.2) is 11.8 Å². The summed E-state index contributed by atoms with van der Waals surface area (Å²) in [5.74, 6) is 0.188. The van der Waals surface area contributed by atoms with Crippen LogP contribution in [0.25, 0.3) is 6.08 Å². The maximum atomic E-state index is 12.7. The molecule has 0 spiro atoms. The number of carbonyl (C=O) groups excluding carboxylic acids is 2. The molecule has 144 valence electrons. The van der Waals surface area contributed by atoms with Gasteiger partial charge in [0, 0.05) is 15.1 Å². The molecule has 6 heteroatoms. The van der Waals surface area contributed by atoms with Gasteiger partial charge < -0.3 is 9.47 Å². The summed E-state index contributed by atoms with van der Waals surface area (Å²) in [4.78, 5) is 25.2. The Morgan fingerprint density at radius 1 is 1.10 bits per heavy atom. The lowest BCUT2D eigenvalue weighted by molar-refractivity contribution is 0.0732. The van der Waals surface area contributed by atoms with Gasteiger partial charge in [-0.1, -0.05) is 35.9 Å². The van der Waals surface area contributed by atoms with Crippen molar-refractivity contribution in [2.45, 2.75) is 6.92 Å². The first kappa shape index (κ1) is 19.4. The lowest BCUT2D eigenvalue weighted by Gasteiger charge is -2.10. The smallest absolute Gasteiger partial charge is 0.344 e. The number of Topliss-reactive ketones (excluding diaryl/α,β-unsaturated/α-hetero) is 1. The molecule has 29 heavy (non-hydrogen) atoms. The van der Waals surface area contributed by atoms with Gasteiger partial charge in [0.25, 0.3) is 0 Å². The van der Waals surface area contributed by atoms with Crippen LogP contribution in [0, 0.1) is 6.92 Å². The highest BCUT2D eigenvalue weighted by Gasteiger charge is 2.30. The van der Waals surface area contributed by atoms with Crippen LogP contribution in [0.2, 0.25) is 5.02 Å². The number of halogens is 2. The maximum Gasteiger partial charge on any atom is 0.344 e. The van der Waals surface area contributed by atoms with E-state index in [0.717, 1.165) is 5.56 Å². The van der Waals surface area contributed by atoms with E-state index in [1.165, 1.54) is 0 Å². The van der Waals surface area contributed by atoms with Crippen LogP contribution in [-0.2, 0) is 0 Å². The van der Waals surface area contributed by atoms with E-state index in [1.807, 2.05) is 12.1 Å². The Labute approximate surface area is 180 Å². The Kier molecular flexibility index (Phi) is 5.26. The molecule has 0 N–H and O–H groups in total. The molecular weight excluding hydrogens is 456 g/mol. The molecule has 0 atom stereocenters. The van der Waals surface area contributed by atoms with Crippen molar-refractivity contribution in [1.29, 1.82) is 0 Å². The molecule has 4 rings (SSSR count). The fourth-order valence-electron chi connectivity index (χ4n) is 3.01. The molecule has 3 aromatic rings. The Morgan fingerprint density at radius 2 is 1.90 bits per heavy atom. The zero-order valence-electron chi connectivity index (χ0n) is 15.2. The molecule has 0 aromatic heterocycles. The maximum absolute atomic E-state index is 12.7. The van der Waals surface area contributed by atoms with Crippen LogP contribution < -0.4 is 9.47 Å². The molecule has 0 saturated heterocycles. The van der Waals surface area contributed by atoms with E-state index in [9.17, 15) is 9.59 Å². The number of allylic oxidation sites excluding steroid dienone is 1. The lowest BCUT2D eigenvalue weighted by Crippen LogP contribution is -2.10. The van der Waals surface area contributed by atoms with Crippen molar-refractivity contribution in [1.82, 2.24) is 0 Å². The SMILES string of the molecule is Cc1c(OC(=O)c2ccccc2Br)ccc2c1O/C(=C\c1cccc(Cl)c1)C2=O. The van der Waals surface area contributed by atoms with E-state index in [-0.39, 0.29) is 11.5 Å². The topological polar surface area (TPSA) is 52.6 Å². The Bertz CT molecular complexity index is 1180. The number of ether oxygens (including phenoxy) is 2. The fraction of sp³-hybridized carbons (Fsp3) is 0.0435. The summed E-state index contributed by atoms with van der Waals surface area (Å²) >= 11 is 9.35. The third kappa shape index (κ3) is 3.84. The predicted octanol–water partition coefficient (Wildman–Crippen LogP) is 6.25. The van der Waals surface area contributed by atoms with Crippen molar-refractivity contribution in [3.05, 3.63) is 98.2 Å². The Morgan fingerprint density at radius 3 is 2.66 bits per heavy atom. The van der Waals surface area contributed by atoms with E-state index in [0.29, 0.717) is 37.7 Å². The zero-order valence-corrected chi connectivity index (χ0v) is 17.6. The summed E-state index contributed by atoms with van der Waals surface area (Å²) in [5, 5.41) is 0.569. The molecule has 0 saturated carbocycles. The van der Waals surface area contributed by atoms with Gasteiger partial charge in [0.2, 0.25) is 5.78 Å². The van der Waals surface area contributed by atoms with Gasteiger partial charge in [-0.05, 0) is 70.9 Å². The van der Waals surface area contributed by atoms with Gasteiger partial charge in [-0.15, -0.1) is 0 Å². The number of fused-ring (bicyclic) bond motifs is 1. The van der Waals surface area contributed by atoms with E-state index in [2.05, 4.69) is 15.9 Å². The van der Waals surface area contributed by atoms with Crippen LogP contribution in [0.5, 0.6) is 11.5 Å². The fourth-order valence-corrected chi connectivity index (χ4v) is 3.65. The standard InChI is InChI=1S/C23H14BrClO4/c1-13-19(29-23(27)16-7-2-3-8-18(16)24)10-9-17-21(26)20(28-22(13)17)12-14-5-4-6-15(25)11-14/h2-12H,1H3/b20-12-. The monoisotopic (exact) mass is 468 g/mol. The van der Waals surface area contributed by atoms with E-state index in [4.69, 9.17) is 21.1 Å². The summed E-state index contributed by atoms with van der Waals surface area (Å²) in [5.41, 5.74) is 2.17. The van der Waals surface area contributed by atoms with Gasteiger partial charge in [-0.25, -0.2) is 4.79 Å².